The van der Waals surface area contributed by atoms with Gasteiger partial charge in [0.25, 0.3) is 0 Å². The van der Waals surface area contributed by atoms with Gasteiger partial charge in [-0.15, -0.1) is 0 Å². The Morgan fingerprint density at radius 2 is 2.12 bits per heavy atom. The predicted molar refractivity (Wildman–Crippen MR) is 86.6 cm³/mol. The molecule has 1 spiro atoms. The monoisotopic (exact) mass is 327 g/mol. The third kappa shape index (κ3) is 2.82. The van der Waals surface area contributed by atoms with Crippen LogP contribution in [-0.2, 0) is 14.3 Å². The maximum atomic E-state index is 12.3. The lowest BCUT2D eigenvalue weighted by atomic mass is 9.78. The van der Waals surface area contributed by atoms with Crippen LogP contribution in [0.15, 0.2) is 36.9 Å². The van der Waals surface area contributed by atoms with Crippen molar-refractivity contribution in [3.8, 4) is 5.69 Å². The van der Waals surface area contributed by atoms with Crippen LogP contribution in [0.3, 0.4) is 0 Å². The first-order valence-electron chi connectivity index (χ1n) is 8.49. The minimum absolute atomic E-state index is 0.0215. The van der Waals surface area contributed by atoms with Gasteiger partial charge >= 0.3 is 5.97 Å². The number of hydrogen-bond acceptors (Lipinski definition) is 5. The Balaban J connectivity index is 1.37. The molecule has 1 aromatic carbocycles. The summed E-state index contributed by atoms with van der Waals surface area (Å²) in [5, 5.41) is 4.09. The number of carbonyl (C=O) groups excluding carboxylic acids is 1. The van der Waals surface area contributed by atoms with Crippen LogP contribution in [0, 0.1) is 0 Å². The van der Waals surface area contributed by atoms with Crippen LogP contribution in [0.4, 0.5) is 0 Å². The Hall–Kier alpha value is -2.21. The lowest BCUT2D eigenvalue weighted by molar-refractivity contribution is -0.171. The molecular weight excluding hydrogens is 306 g/mol. The lowest BCUT2D eigenvalue weighted by Gasteiger charge is -2.37. The van der Waals surface area contributed by atoms with Gasteiger partial charge in [-0.1, -0.05) is 12.1 Å². The SMILES string of the molecule is CC(OC(=O)C1CCC2(CCC2)O1)c1ccc(-n2cncn2)cc1. The average Bonchev–Trinajstić information content (AvgIpc) is 3.24. The first-order chi connectivity index (χ1) is 11.7. The summed E-state index contributed by atoms with van der Waals surface area (Å²) in [5.41, 5.74) is 1.84. The van der Waals surface area contributed by atoms with Crippen LogP contribution in [-0.4, -0.2) is 32.4 Å². The summed E-state index contributed by atoms with van der Waals surface area (Å²) < 4.78 is 13.3. The topological polar surface area (TPSA) is 66.2 Å². The van der Waals surface area contributed by atoms with Gasteiger partial charge in [0, 0.05) is 0 Å². The number of esters is 1. The first-order valence-corrected chi connectivity index (χ1v) is 8.49. The zero-order valence-electron chi connectivity index (χ0n) is 13.7. The predicted octanol–water partition coefficient (Wildman–Crippen LogP) is 2.97. The first kappa shape index (κ1) is 15.3. The Labute approximate surface area is 140 Å². The summed E-state index contributed by atoms with van der Waals surface area (Å²) in [7, 11) is 0. The molecule has 0 bridgehead atoms. The van der Waals surface area contributed by atoms with Gasteiger partial charge in [0.05, 0.1) is 11.3 Å². The summed E-state index contributed by atoms with van der Waals surface area (Å²) in [6.45, 7) is 1.89. The number of benzene rings is 1. The second kappa shape index (κ2) is 6.02. The molecule has 1 aromatic heterocycles. The van der Waals surface area contributed by atoms with E-state index in [2.05, 4.69) is 10.1 Å². The number of aromatic nitrogens is 3. The number of hydrogen-bond donors (Lipinski definition) is 0. The van der Waals surface area contributed by atoms with Gasteiger partial charge in [0.2, 0.25) is 0 Å². The standard InChI is InChI=1S/C18H21N3O3/c1-13(14-3-5-15(6-4-14)21-12-19-11-20-21)23-17(22)16-7-10-18(24-16)8-2-9-18/h3-6,11-13,16H,2,7-10H2,1H3. The number of carbonyl (C=O) groups is 1. The van der Waals surface area contributed by atoms with Crippen molar-refractivity contribution >= 4 is 5.97 Å². The summed E-state index contributed by atoms with van der Waals surface area (Å²) in [5.74, 6) is -0.244. The van der Waals surface area contributed by atoms with Crippen LogP contribution in [0.2, 0.25) is 0 Å². The number of nitrogens with zero attached hydrogens (tertiary/aromatic N) is 3. The molecule has 126 valence electrons. The van der Waals surface area contributed by atoms with E-state index in [1.807, 2.05) is 31.2 Å². The normalized spacial score (nSPS) is 23.0. The van der Waals surface area contributed by atoms with E-state index in [1.165, 1.54) is 12.7 Å². The molecule has 2 fully saturated rings. The van der Waals surface area contributed by atoms with Crippen molar-refractivity contribution in [2.24, 2.45) is 0 Å². The Kier molecular flexibility index (Phi) is 3.84. The molecular formula is C18H21N3O3. The third-order valence-corrected chi connectivity index (χ3v) is 5.12. The van der Waals surface area contributed by atoms with Gasteiger partial charge in [0.15, 0.2) is 6.10 Å². The smallest absolute Gasteiger partial charge is 0.335 e. The molecule has 2 aromatic rings. The van der Waals surface area contributed by atoms with Crippen LogP contribution < -0.4 is 0 Å². The molecule has 2 heterocycles. The Morgan fingerprint density at radius 1 is 1.33 bits per heavy atom. The molecule has 0 amide bonds. The van der Waals surface area contributed by atoms with Gasteiger partial charge in [-0.3, -0.25) is 0 Å². The van der Waals surface area contributed by atoms with Gasteiger partial charge < -0.3 is 9.47 Å². The van der Waals surface area contributed by atoms with Crippen molar-refractivity contribution < 1.29 is 14.3 Å². The second-order valence-electron chi connectivity index (χ2n) is 6.69. The fourth-order valence-electron chi connectivity index (χ4n) is 3.48. The average molecular weight is 327 g/mol. The fourth-order valence-corrected chi connectivity index (χ4v) is 3.48. The molecule has 1 aliphatic heterocycles. The summed E-state index contributed by atoms with van der Waals surface area (Å²) in [4.78, 5) is 16.3. The minimum atomic E-state index is -0.401. The molecule has 2 unspecified atom stereocenters. The molecule has 6 nitrogen and oxygen atoms in total. The van der Waals surface area contributed by atoms with E-state index in [0.717, 1.165) is 36.9 Å². The van der Waals surface area contributed by atoms with Crippen molar-refractivity contribution in [2.45, 2.75) is 56.8 Å². The minimum Gasteiger partial charge on any atom is -0.456 e. The second-order valence-corrected chi connectivity index (χ2v) is 6.69. The molecule has 2 aliphatic rings. The fraction of sp³-hybridized carbons (Fsp3) is 0.500. The quantitative estimate of drug-likeness (QED) is 0.808. The summed E-state index contributed by atoms with van der Waals surface area (Å²) in [6, 6.07) is 7.75. The van der Waals surface area contributed by atoms with Gasteiger partial charge in [-0.05, 0) is 56.7 Å². The molecule has 0 N–H and O–H groups in total. The van der Waals surface area contributed by atoms with Crippen LogP contribution in [0.25, 0.3) is 5.69 Å². The Morgan fingerprint density at radius 3 is 2.71 bits per heavy atom. The van der Waals surface area contributed by atoms with E-state index < -0.39 is 6.10 Å². The highest BCUT2D eigenvalue weighted by atomic mass is 16.6. The van der Waals surface area contributed by atoms with E-state index in [9.17, 15) is 4.79 Å². The van der Waals surface area contributed by atoms with Crippen LogP contribution in [0.5, 0.6) is 0 Å². The van der Waals surface area contributed by atoms with E-state index >= 15 is 0 Å². The highest BCUT2D eigenvalue weighted by Gasteiger charge is 2.47. The largest absolute Gasteiger partial charge is 0.456 e. The molecule has 1 saturated carbocycles. The molecule has 6 heteroatoms. The molecule has 1 saturated heterocycles. The molecule has 2 atom stereocenters. The van der Waals surface area contributed by atoms with Crippen molar-refractivity contribution in [1.82, 2.24) is 14.8 Å². The van der Waals surface area contributed by atoms with E-state index in [0.29, 0.717) is 0 Å². The number of rotatable bonds is 4. The van der Waals surface area contributed by atoms with Crippen molar-refractivity contribution in [1.29, 1.82) is 0 Å². The van der Waals surface area contributed by atoms with E-state index in [-0.39, 0.29) is 17.7 Å². The maximum absolute atomic E-state index is 12.3. The molecule has 4 rings (SSSR count). The lowest BCUT2D eigenvalue weighted by Crippen LogP contribution is -2.38. The van der Waals surface area contributed by atoms with Crippen LogP contribution in [0.1, 0.15) is 50.7 Å². The highest BCUT2D eigenvalue weighted by Crippen LogP contribution is 2.45. The van der Waals surface area contributed by atoms with E-state index in [4.69, 9.17) is 9.47 Å². The van der Waals surface area contributed by atoms with Crippen LogP contribution >= 0.6 is 0 Å². The number of ether oxygens (including phenoxy) is 2. The van der Waals surface area contributed by atoms with Crippen molar-refractivity contribution in [3.05, 3.63) is 42.5 Å². The molecule has 0 radical (unpaired) electrons. The Bertz CT molecular complexity index is 708. The zero-order chi connectivity index (χ0) is 16.6. The maximum Gasteiger partial charge on any atom is 0.335 e. The molecule has 24 heavy (non-hydrogen) atoms. The summed E-state index contributed by atoms with van der Waals surface area (Å²) >= 11 is 0. The van der Waals surface area contributed by atoms with Crippen molar-refractivity contribution in [2.75, 3.05) is 0 Å². The zero-order valence-corrected chi connectivity index (χ0v) is 13.7. The third-order valence-electron chi connectivity index (χ3n) is 5.12. The van der Waals surface area contributed by atoms with Gasteiger partial charge in [-0.25, -0.2) is 14.5 Å². The van der Waals surface area contributed by atoms with Gasteiger partial charge in [-0.2, -0.15) is 5.10 Å². The van der Waals surface area contributed by atoms with E-state index in [1.54, 1.807) is 11.0 Å². The summed E-state index contributed by atoms with van der Waals surface area (Å²) in [6.07, 6.45) is 7.56. The highest BCUT2D eigenvalue weighted by molar-refractivity contribution is 5.75. The van der Waals surface area contributed by atoms with Crippen molar-refractivity contribution in [3.63, 3.8) is 0 Å². The van der Waals surface area contributed by atoms with Gasteiger partial charge in [0.1, 0.15) is 18.8 Å². The molecule has 1 aliphatic carbocycles.